The summed E-state index contributed by atoms with van der Waals surface area (Å²) in [5.41, 5.74) is 0. The zero-order chi connectivity index (χ0) is 7.28. The normalized spacial score (nSPS) is 8.80. The fourth-order valence-electron chi connectivity index (χ4n) is 0.346. The molecule has 0 aromatic rings. The number of alkyl halides is 2. The van der Waals surface area contributed by atoms with Gasteiger partial charge < -0.3 is 10.9 Å². The van der Waals surface area contributed by atoms with Gasteiger partial charge in [0.2, 0.25) is 0 Å². The number of halogens is 2. The van der Waals surface area contributed by atoms with Crippen LogP contribution in [0, 0.1) is 0 Å². The molecule has 0 bridgehead atoms. The van der Waals surface area contributed by atoms with Crippen LogP contribution >= 0.6 is 23.2 Å². The van der Waals surface area contributed by atoms with Gasteiger partial charge in [-0.1, -0.05) is 0 Å². The van der Waals surface area contributed by atoms with E-state index in [1.807, 2.05) is 0 Å². The molecule has 5 heteroatoms. The van der Waals surface area contributed by atoms with Crippen molar-refractivity contribution in [1.29, 1.82) is 0 Å². The van der Waals surface area contributed by atoms with Crippen molar-refractivity contribution in [2.75, 3.05) is 6.61 Å². The molecular formula is C5H11Cl2NO2. The smallest absolute Gasteiger partial charge is 0.308 e. The maximum absolute atomic E-state index is 10.5. The second-order valence-electron chi connectivity index (χ2n) is 1.40. The highest BCUT2D eigenvalue weighted by Crippen LogP contribution is 2.07. The summed E-state index contributed by atoms with van der Waals surface area (Å²) >= 11 is 10.5. The Morgan fingerprint density at radius 1 is 1.60 bits per heavy atom. The van der Waals surface area contributed by atoms with E-state index in [4.69, 9.17) is 23.2 Å². The predicted molar refractivity (Wildman–Crippen MR) is 41.8 cm³/mol. The van der Waals surface area contributed by atoms with E-state index < -0.39 is 4.84 Å². The van der Waals surface area contributed by atoms with Gasteiger partial charge in [-0.15, -0.1) is 23.2 Å². The number of carbonyl (C=O) groups is 1. The van der Waals surface area contributed by atoms with Gasteiger partial charge in [-0.05, 0) is 6.92 Å². The molecule has 3 nitrogen and oxygen atoms in total. The largest absolute Gasteiger partial charge is 0.466 e. The average Bonchev–Trinajstić information content (AvgIpc) is 1.63. The molecule has 0 atom stereocenters. The molecular weight excluding hydrogens is 177 g/mol. The Bertz CT molecular complexity index is 97.6. The maximum Gasteiger partial charge on any atom is 0.308 e. The Kier molecular flexibility index (Phi) is 9.02. The van der Waals surface area contributed by atoms with Crippen molar-refractivity contribution in [2.45, 2.75) is 18.2 Å². The molecule has 0 saturated carbocycles. The maximum atomic E-state index is 10.5. The molecule has 0 rings (SSSR count). The van der Waals surface area contributed by atoms with E-state index in [2.05, 4.69) is 4.74 Å². The summed E-state index contributed by atoms with van der Waals surface area (Å²) < 4.78 is 4.54. The predicted octanol–water partition coefficient (Wildman–Crippen LogP) is 1.91. The summed E-state index contributed by atoms with van der Waals surface area (Å²) in [6.45, 7) is 2.11. The Hall–Kier alpha value is 0.01000. The number of hydrogen-bond donors (Lipinski definition) is 1. The van der Waals surface area contributed by atoms with Gasteiger partial charge in [0, 0.05) is 0 Å². The number of carbonyl (C=O) groups excluding carboxylic acids is 1. The van der Waals surface area contributed by atoms with Crippen molar-refractivity contribution in [3.63, 3.8) is 0 Å². The number of rotatable bonds is 3. The summed E-state index contributed by atoms with van der Waals surface area (Å²) in [6.07, 6.45) is 0.0664. The van der Waals surface area contributed by atoms with Gasteiger partial charge in [0.25, 0.3) is 0 Å². The van der Waals surface area contributed by atoms with Crippen LogP contribution in [0.15, 0.2) is 0 Å². The van der Waals surface area contributed by atoms with Crippen molar-refractivity contribution in [2.24, 2.45) is 0 Å². The lowest BCUT2D eigenvalue weighted by Crippen LogP contribution is -2.07. The summed E-state index contributed by atoms with van der Waals surface area (Å²) in [6, 6.07) is 0. The molecule has 0 heterocycles. The van der Waals surface area contributed by atoms with Crippen molar-refractivity contribution >= 4 is 29.2 Å². The first-order chi connectivity index (χ1) is 4.16. The molecule has 0 fully saturated rings. The highest BCUT2D eigenvalue weighted by Gasteiger charge is 2.06. The Balaban J connectivity index is 0. The van der Waals surface area contributed by atoms with Crippen LogP contribution in [0.5, 0.6) is 0 Å². The van der Waals surface area contributed by atoms with E-state index in [0.29, 0.717) is 6.61 Å². The first kappa shape index (κ1) is 12.7. The molecule has 0 aromatic heterocycles. The van der Waals surface area contributed by atoms with Gasteiger partial charge in [0.05, 0.1) is 13.0 Å². The molecule has 0 spiro atoms. The van der Waals surface area contributed by atoms with E-state index in [9.17, 15) is 4.79 Å². The third-order valence-corrected chi connectivity index (χ3v) is 0.935. The summed E-state index contributed by atoms with van der Waals surface area (Å²) in [4.78, 5) is 9.81. The Morgan fingerprint density at radius 2 is 2.10 bits per heavy atom. The van der Waals surface area contributed by atoms with Gasteiger partial charge in [0.15, 0.2) is 0 Å². The second kappa shape index (κ2) is 7.12. The first-order valence-corrected chi connectivity index (χ1v) is 3.48. The van der Waals surface area contributed by atoms with Crippen LogP contribution in [0.2, 0.25) is 0 Å². The monoisotopic (exact) mass is 187 g/mol. The fraction of sp³-hybridized carbons (Fsp3) is 0.800. The van der Waals surface area contributed by atoms with E-state index in [0.717, 1.165) is 0 Å². The third kappa shape index (κ3) is 8.01. The molecule has 0 amide bonds. The van der Waals surface area contributed by atoms with Crippen LogP contribution in [0.25, 0.3) is 0 Å². The lowest BCUT2D eigenvalue weighted by molar-refractivity contribution is -0.142. The zero-order valence-corrected chi connectivity index (χ0v) is 7.28. The summed E-state index contributed by atoms with van der Waals surface area (Å²) in [7, 11) is 0. The third-order valence-electron chi connectivity index (χ3n) is 0.626. The van der Waals surface area contributed by atoms with Crippen molar-refractivity contribution in [1.82, 2.24) is 6.15 Å². The molecule has 0 saturated heterocycles. The highest BCUT2D eigenvalue weighted by atomic mass is 35.5. The Labute approximate surface area is 70.2 Å². The molecule has 0 aliphatic carbocycles. The van der Waals surface area contributed by atoms with Crippen molar-refractivity contribution < 1.29 is 9.53 Å². The van der Waals surface area contributed by atoms with E-state index in [-0.39, 0.29) is 18.5 Å². The van der Waals surface area contributed by atoms with Crippen LogP contribution in [-0.2, 0) is 9.53 Å². The van der Waals surface area contributed by atoms with E-state index in [1.54, 1.807) is 6.92 Å². The summed E-state index contributed by atoms with van der Waals surface area (Å²) in [5, 5.41) is 0. The lowest BCUT2D eigenvalue weighted by atomic mass is 10.5. The van der Waals surface area contributed by atoms with E-state index >= 15 is 0 Å². The van der Waals surface area contributed by atoms with Crippen LogP contribution in [0.1, 0.15) is 13.3 Å². The topological polar surface area (TPSA) is 61.3 Å². The molecule has 3 N–H and O–H groups in total. The number of esters is 1. The van der Waals surface area contributed by atoms with Gasteiger partial charge in [-0.2, -0.15) is 0 Å². The van der Waals surface area contributed by atoms with Crippen LogP contribution in [0.4, 0.5) is 0 Å². The first-order valence-electron chi connectivity index (χ1n) is 2.60. The second-order valence-corrected chi connectivity index (χ2v) is 2.68. The number of ether oxygens (including phenoxy) is 1. The molecule has 62 valence electrons. The van der Waals surface area contributed by atoms with E-state index in [1.165, 1.54) is 0 Å². The molecule has 0 radical (unpaired) electrons. The SMILES string of the molecule is CCOC(=O)CC(Cl)Cl.N. The molecule has 10 heavy (non-hydrogen) atoms. The molecule has 0 aromatic carbocycles. The minimum absolute atomic E-state index is 0. The van der Waals surface area contributed by atoms with Crippen LogP contribution in [0.3, 0.4) is 0 Å². The minimum atomic E-state index is -0.649. The van der Waals surface area contributed by atoms with Gasteiger partial charge in [0.1, 0.15) is 4.84 Å². The van der Waals surface area contributed by atoms with Crippen molar-refractivity contribution in [3.05, 3.63) is 0 Å². The molecule has 0 aliphatic heterocycles. The number of hydrogen-bond acceptors (Lipinski definition) is 3. The zero-order valence-electron chi connectivity index (χ0n) is 5.77. The Morgan fingerprint density at radius 3 is 2.40 bits per heavy atom. The van der Waals surface area contributed by atoms with Gasteiger partial charge >= 0.3 is 5.97 Å². The quantitative estimate of drug-likeness (QED) is 0.543. The van der Waals surface area contributed by atoms with Crippen molar-refractivity contribution in [3.8, 4) is 0 Å². The van der Waals surface area contributed by atoms with Gasteiger partial charge in [-0.25, -0.2) is 0 Å². The van der Waals surface area contributed by atoms with Crippen LogP contribution in [-0.4, -0.2) is 17.4 Å². The average molecular weight is 188 g/mol. The lowest BCUT2D eigenvalue weighted by Gasteiger charge is -1.99. The fourth-order valence-corrected chi connectivity index (χ4v) is 0.598. The highest BCUT2D eigenvalue weighted by molar-refractivity contribution is 6.45. The minimum Gasteiger partial charge on any atom is -0.466 e. The summed E-state index contributed by atoms with van der Waals surface area (Å²) in [5.74, 6) is -0.354. The standard InChI is InChI=1S/C5H8Cl2O2.H3N/c1-2-9-5(8)3-4(6)7;/h4H,2-3H2,1H3;1H3. The van der Waals surface area contributed by atoms with Gasteiger partial charge in [-0.3, -0.25) is 4.79 Å². The van der Waals surface area contributed by atoms with Crippen LogP contribution < -0.4 is 6.15 Å². The molecule has 0 unspecified atom stereocenters. The molecule has 0 aliphatic rings.